The number of benzene rings is 1. The van der Waals surface area contributed by atoms with Gasteiger partial charge in [-0.25, -0.2) is 14.1 Å². The van der Waals surface area contributed by atoms with Crippen molar-refractivity contribution in [2.24, 2.45) is 0 Å². The number of anilines is 3. The van der Waals surface area contributed by atoms with Crippen LogP contribution >= 0.6 is 0 Å². The van der Waals surface area contributed by atoms with Gasteiger partial charge in [0.2, 0.25) is 11.9 Å². The minimum Gasteiger partial charge on any atom is -0.370 e. The van der Waals surface area contributed by atoms with Crippen molar-refractivity contribution in [2.45, 2.75) is 13.1 Å². The number of morpholine rings is 1. The van der Waals surface area contributed by atoms with Crippen LogP contribution in [0.3, 0.4) is 0 Å². The van der Waals surface area contributed by atoms with E-state index in [1.165, 1.54) is 21.7 Å². The summed E-state index contributed by atoms with van der Waals surface area (Å²) in [4.78, 5) is 34.1. The molecule has 0 aliphatic carbocycles. The average molecular weight is 479 g/mol. The molecule has 0 atom stereocenters. The van der Waals surface area contributed by atoms with E-state index in [0.717, 1.165) is 0 Å². The highest BCUT2D eigenvalue weighted by Gasteiger charge is 2.21. The van der Waals surface area contributed by atoms with Crippen molar-refractivity contribution in [1.29, 1.82) is 0 Å². The molecule has 5 rings (SSSR count). The maximum Gasteiger partial charge on any atom is 0.253 e. The molecule has 1 fully saturated rings. The van der Waals surface area contributed by atoms with Gasteiger partial charge in [-0.05, 0) is 23.8 Å². The van der Waals surface area contributed by atoms with E-state index in [0.29, 0.717) is 47.1 Å². The number of hydrogen-bond donors (Lipinski definition) is 2. The highest BCUT2D eigenvalue weighted by molar-refractivity contribution is 5.94. The van der Waals surface area contributed by atoms with Gasteiger partial charge < -0.3 is 20.3 Å². The van der Waals surface area contributed by atoms with E-state index in [1.807, 2.05) is 0 Å². The fourth-order valence-electron chi connectivity index (χ4n) is 3.76. The van der Waals surface area contributed by atoms with Gasteiger partial charge in [-0.1, -0.05) is 0 Å². The second-order valence-electron chi connectivity index (χ2n) is 7.92. The van der Waals surface area contributed by atoms with Gasteiger partial charge in [0.25, 0.3) is 5.91 Å². The second-order valence-corrected chi connectivity index (χ2v) is 7.92. The fourth-order valence-corrected chi connectivity index (χ4v) is 3.76. The third-order valence-electron chi connectivity index (χ3n) is 5.42. The van der Waals surface area contributed by atoms with Gasteiger partial charge in [0.15, 0.2) is 5.65 Å². The first kappa shape index (κ1) is 22.4. The second kappa shape index (κ2) is 9.46. The number of nitrogens with zero attached hydrogens (tertiary/aromatic N) is 7. The maximum absolute atomic E-state index is 14.4. The SMILES string of the molecule is CNC(=O)Cn1cc(Nc2ncc3cnn(Cc4cc(F)cc(N5CCOCC5=O)c4)c3n2)cn1. The summed E-state index contributed by atoms with van der Waals surface area (Å²) in [5, 5.41) is 14.8. The lowest BCUT2D eigenvalue weighted by Gasteiger charge is -2.27. The highest BCUT2D eigenvalue weighted by atomic mass is 19.1. The molecule has 0 saturated carbocycles. The number of amides is 2. The molecule has 180 valence electrons. The Kier molecular flexibility index (Phi) is 6.06. The summed E-state index contributed by atoms with van der Waals surface area (Å²) in [7, 11) is 1.56. The molecule has 3 aromatic heterocycles. The molecule has 0 spiro atoms. The lowest BCUT2D eigenvalue weighted by Crippen LogP contribution is -2.41. The van der Waals surface area contributed by atoms with Crippen LogP contribution in [0.2, 0.25) is 0 Å². The van der Waals surface area contributed by atoms with Crippen molar-refractivity contribution in [2.75, 3.05) is 37.0 Å². The zero-order valence-electron chi connectivity index (χ0n) is 18.8. The number of hydrogen-bond acceptors (Lipinski definition) is 8. The molecule has 0 radical (unpaired) electrons. The van der Waals surface area contributed by atoms with Crippen LogP contribution < -0.4 is 15.5 Å². The molecule has 13 heteroatoms. The van der Waals surface area contributed by atoms with Crippen LogP contribution in [0.25, 0.3) is 11.0 Å². The summed E-state index contributed by atoms with van der Waals surface area (Å²) in [6, 6.07) is 4.51. The Hall–Kier alpha value is -4.39. The summed E-state index contributed by atoms with van der Waals surface area (Å²) >= 11 is 0. The smallest absolute Gasteiger partial charge is 0.253 e. The fraction of sp³-hybridized carbons (Fsp3) is 0.273. The first-order chi connectivity index (χ1) is 17.0. The number of aromatic nitrogens is 6. The topological polar surface area (TPSA) is 132 Å². The Morgan fingerprint density at radius 3 is 2.91 bits per heavy atom. The lowest BCUT2D eigenvalue weighted by molar-refractivity contribution is -0.125. The van der Waals surface area contributed by atoms with Gasteiger partial charge in [-0.2, -0.15) is 15.2 Å². The van der Waals surface area contributed by atoms with Crippen molar-refractivity contribution in [3.63, 3.8) is 0 Å². The highest BCUT2D eigenvalue weighted by Crippen LogP contribution is 2.22. The van der Waals surface area contributed by atoms with Gasteiger partial charge in [0.05, 0.1) is 36.6 Å². The van der Waals surface area contributed by atoms with Gasteiger partial charge in [-0.3, -0.25) is 14.3 Å². The van der Waals surface area contributed by atoms with Crippen molar-refractivity contribution in [3.05, 3.63) is 54.4 Å². The largest absolute Gasteiger partial charge is 0.370 e. The molecular weight excluding hydrogens is 457 g/mol. The Morgan fingerprint density at radius 1 is 1.20 bits per heavy atom. The van der Waals surface area contributed by atoms with E-state index in [-0.39, 0.29) is 31.5 Å². The van der Waals surface area contributed by atoms with Crippen LogP contribution in [0.15, 0.2) is 43.0 Å². The number of fused-ring (bicyclic) bond motifs is 1. The third-order valence-corrected chi connectivity index (χ3v) is 5.42. The van der Waals surface area contributed by atoms with Gasteiger partial charge in [-0.15, -0.1) is 0 Å². The summed E-state index contributed by atoms with van der Waals surface area (Å²) in [5.41, 5.74) is 2.28. The summed E-state index contributed by atoms with van der Waals surface area (Å²) in [6.07, 6.45) is 6.50. The number of carbonyl (C=O) groups is 2. The zero-order valence-corrected chi connectivity index (χ0v) is 18.8. The number of halogens is 1. The molecule has 12 nitrogen and oxygen atoms in total. The van der Waals surface area contributed by atoms with Crippen LogP contribution in [0.4, 0.5) is 21.7 Å². The number of carbonyl (C=O) groups excluding carboxylic acids is 2. The van der Waals surface area contributed by atoms with Crippen LogP contribution in [0.5, 0.6) is 0 Å². The average Bonchev–Trinajstić information content (AvgIpc) is 3.45. The number of nitrogens with one attached hydrogen (secondary N) is 2. The van der Waals surface area contributed by atoms with Gasteiger partial charge in [0, 0.05) is 31.7 Å². The molecule has 2 N–H and O–H groups in total. The molecular formula is C22H22FN9O3. The minimum atomic E-state index is -0.445. The third kappa shape index (κ3) is 4.94. The first-order valence-electron chi connectivity index (χ1n) is 10.8. The molecule has 1 aromatic carbocycles. The first-order valence-corrected chi connectivity index (χ1v) is 10.8. The van der Waals surface area contributed by atoms with Crippen molar-refractivity contribution >= 4 is 40.2 Å². The Morgan fingerprint density at radius 2 is 2.09 bits per heavy atom. The molecule has 1 aliphatic rings. The van der Waals surface area contributed by atoms with Crippen LogP contribution in [-0.4, -0.2) is 68.1 Å². The molecule has 35 heavy (non-hydrogen) atoms. The van der Waals surface area contributed by atoms with E-state index < -0.39 is 5.82 Å². The predicted octanol–water partition coefficient (Wildman–Crippen LogP) is 1.06. The summed E-state index contributed by atoms with van der Waals surface area (Å²) in [6.45, 7) is 1.09. The minimum absolute atomic E-state index is 0.0208. The summed E-state index contributed by atoms with van der Waals surface area (Å²) in [5.74, 6) is -0.504. The van der Waals surface area contributed by atoms with E-state index in [4.69, 9.17) is 4.74 Å². The molecule has 1 saturated heterocycles. The van der Waals surface area contributed by atoms with Gasteiger partial charge in [0.1, 0.15) is 19.0 Å². The van der Waals surface area contributed by atoms with Crippen LogP contribution in [0, 0.1) is 5.82 Å². The molecule has 0 unspecified atom stereocenters. The van der Waals surface area contributed by atoms with E-state index in [2.05, 4.69) is 30.8 Å². The molecule has 0 bridgehead atoms. The summed E-state index contributed by atoms with van der Waals surface area (Å²) < 4.78 is 22.7. The van der Waals surface area contributed by atoms with Crippen molar-refractivity contribution < 1.29 is 18.7 Å². The van der Waals surface area contributed by atoms with E-state index in [9.17, 15) is 14.0 Å². The Labute approximate surface area is 198 Å². The normalized spacial score (nSPS) is 13.9. The number of ether oxygens (including phenoxy) is 1. The zero-order chi connectivity index (χ0) is 24.4. The predicted molar refractivity (Wildman–Crippen MR) is 124 cm³/mol. The standard InChI is InChI=1S/C22H22FN9O3/c1-24-19(33)12-30-11-17(9-26-30)28-22-25-7-15-8-27-32(21(15)29-22)10-14-4-16(23)6-18(5-14)31-2-3-35-13-20(31)34/h4-9,11H,2-3,10,12-13H2,1H3,(H,24,33)(H,25,28,29). The van der Waals surface area contributed by atoms with Gasteiger partial charge >= 0.3 is 0 Å². The Balaban J connectivity index is 1.37. The molecule has 4 aromatic rings. The van der Waals surface area contributed by atoms with Crippen molar-refractivity contribution in [1.82, 2.24) is 34.8 Å². The molecule has 2 amide bonds. The number of likely N-dealkylation sites (N-methyl/N-ethyl adjacent to an activating group) is 1. The van der Waals surface area contributed by atoms with E-state index in [1.54, 1.807) is 42.6 Å². The van der Waals surface area contributed by atoms with Crippen LogP contribution in [-0.2, 0) is 27.4 Å². The van der Waals surface area contributed by atoms with E-state index >= 15 is 0 Å². The maximum atomic E-state index is 14.4. The molecule has 1 aliphatic heterocycles. The lowest BCUT2D eigenvalue weighted by atomic mass is 10.1. The van der Waals surface area contributed by atoms with Crippen molar-refractivity contribution in [3.8, 4) is 0 Å². The monoisotopic (exact) mass is 479 g/mol. The Bertz CT molecular complexity index is 1400. The number of rotatable bonds is 7. The molecule has 4 heterocycles. The quantitative estimate of drug-likeness (QED) is 0.402. The van der Waals surface area contributed by atoms with Crippen LogP contribution in [0.1, 0.15) is 5.56 Å².